The maximum absolute atomic E-state index is 12.5. The van der Waals surface area contributed by atoms with Gasteiger partial charge in [-0.05, 0) is 37.4 Å². The molecule has 2 aromatic rings. The molecule has 2 rings (SSSR count). The molecule has 0 aliphatic rings. The zero-order chi connectivity index (χ0) is 16.0. The van der Waals surface area contributed by atoms with E-state index in [-0.39, 0.29) is 11.4 Å². The van der Waals surface area contributed by atoms with Crippen molar-refractivity contribution in [3.05, 3.63) is 34.9 Å². The maximum Gasteiger partial charge on any atom is 0.435 e. The molecule has 0 spiro atoms. The number of hydrogen-bond acceptors (Lipinski definition) is 2. The lowest BCUT2D eigenvalue weighted by Crippen LogP contribution is -2.23. The van der Waals surface area contributed by atoms with E-state index in [2.05, 4.69) is 10.2 Å². The van der Waals surface area contributed by atoms with Crippen LogP contribution in [0.15, 0.2) is 12.1 Å². The molecular formula is C10H10BF6N4-. The first kappa shape index (κ1) is 15.5. The first-order chi connectivity index (χ1) is 9.48. The van der Waals surface area contributed by atoms with E-state index in [1.807, 2.05) is 0 Å². The van der Waals surface area contributed by atoms with Gasteiger partial charge in [0.25, 0.3) is 0 Å². The summed E-state index contributed by atoms with van der Waals surface area (Å²) < 4.78 is 77.3. The van der Waals surface area contributed by atoms with Crippen LogP contribution < -0.4 is 0 Å². The van der Waals surface area contributed by atoms with Gasteiger partial charge in [0.15, 0.2) is 18.9 Å². The number of rotatable bonds is 2. The Morgan fingerprint density at radius 2 is 1.14 bits per heavy atom. The fourth-order valence-corrected chi connectivity index (χ4v) is 1.98. The standard InChI is InChI=1S/C10H10BF6N4/c1-5-3-7(9(12,13)14)18-20(5)11-21-6(2)4-8(19-21)10(15,16)17/h3-4H,11H2,1-2H3/q-1. The molecule has 0 bridgehead atoms. The van der Waals surface area contributed by atoms with Gasteiger partial charge in [-0.25, -0.2) is 10.2 Å². The van der Waals surface area contributed by atoms with Gasteiger partial charge in [-0.15, -0.1) is 0 Å². The van der Waals surface area contributed by atoms with E-state index in [1.54, 1.807) is 0 Å². The van der Waals surface area contributed by atoms with Crippen LogP contribution in [0.2, 0.25) is 0 Å². The molecule has 4 nitrogen and oxygen atoms in total. The lowest BCUT2D eigenvalue weighted by molar-refractivity contribution is -0.142. The topological polar surface area (TPSA) is 35.6 Å². The minimum atomic E-state index is -4.58. The highest BCUT2D eigenvalue weighted by Gasteiger charge is 2.35. The Labute approximate surface area is 115 Å². The molecule has 2 heterocycles. The van der Waals surface area contributed by atoms with E-state index in [0.29, 0.717) is 0 Å². The summed E-state index contributed by atoms with van der Waals surface area (Å²) in [7, 11) is -1.61. The minimum Gasteiger partial charge on any atom is -0.426 e. The molecule has 0 N–H and O–H groups in total. The molecule has 0 saturated heterocycles. The van der Waals surface area contributed by atoms with Crippen LogP contribution in [-0.4, -0.2) is 26.9 Å². The van der Waals surface area contributed by atoms with Gasteiger partial charge in [0.1, 0.15) is 0 Å². The van der Waals surface area contributed by atoms with Gasteiger partial charge >= 0.3 is 12.4 Å². The average molecular weight is 311 g/mol. The third-order valence-corrected chi connectivity index (χ3v) is 3.19. The predicted octanol–water partition coefficient (Wildman–Crippen LogP) is 2.13. The Kier molecular flexibility index (Phi) is 3.54. The van der Waals surface area contributed by atoms with Crippen molar-refractivity contribution in [3.8, 4) is 0 Å². The Balaban J connectivity index is 2.31. The Bertz CT molecular complexity index is 597. The quantitative estimate of drug-likeness (QED) is 0.629. The molecule has 0 saturated carbocycles. The first-order valence-corrected chi connectivity index (χ1v) is 5.98. The molecule has 0 radical (unpaired) electrons. The monoisotopic (exact) mass is 311 g/mol. The maximum atomic E-state index is 12.5. The first-order valence-electron chi connectivity index (χ1n) is 5.98. The summed E-state index contributed by atoms with van der Waals surface area (Å²) in [5.41, 5.74) is -1.68. The van der Waals surface area contributed by atoms with Crippen LogP contribution in [0.4, 0.5) is 26.3 Å². The van der Waals surface area contributed by atoms with Crippen LogP contribution >= 0.6 is 0 Å². The van der Waals surface area contributed by atoms with Gasteiger partial charge < -0.3 is 9.19 Å². The molecule has 0 aliphatic heterocycles. The van der Waals surface area contributed by atoms with E-state index in [1.165, 1.54) is 13.8 Å². The Morgan fingerprint density at radius 3 is 1.38 bits per heavy atom. The van der Waals surface area contributed by atoms with E-state index in [9.17, 15) is 26.3 Å². The van der Waals surface area contributed by atoms with Crippen molar-refractivity contribution in [3.63, 3.8) is 0 Å². The average Bonchev–Trinajstić information content (AvgIpc) is 2.84. The summed E-state index contributed by atoms with van der Waals surface area (Å²) in [5.74, 6) is 0. The smallest absolute Gasteiger partial charge is 0.426 e. The number of hydrogen-bond donors (Lipinski definition) is 0. The molecule has 0 fully saturated rings. The summed E-state index contributed by atoms with van der Waals surface area (Å²) in [6, 6.07) is 1.71. The van der Waals surface area contributed by atoms with Gasteiger partial charge in [0, 0.05) is 0 Å². The number of nitrogens with zero attached hydrogens (tertiary/aromatic N) is 4. The second-order valence-electron chi connectivity index (χ2n) is 4.78. The van der Waals surface area contributed by atoms with Crippen molar-refractivity contribution in [1.29, 1.82) is 0 Å². The van der Waals surface area contributed by atoms with Gasteiger partial charge in [0.2, 0.25) is 0 Å². The second kappa shape index (κ2) is 4.81. The van der Waals surface area contributed by atoms with Crippen LogP contribution in [-0.2, 0) is 12.4 Å². The van der Waals surface area contributed by atoms with Crippen molar-refractivity contribution in [2.24, 2.45) is 0 Å². The van der Waals surface area contributed by atoms with Crippen molar-refractivity contribution in [1.82, 2.24) is 19.4 Å². The van der Waals surface area contributed by atoms with Gasteiger partial charge in [-0.3, -0.25) is 0 Å². The normalized spacial score (nSPS) is 13.0. The molecule has 0 atom stereocenters. The molecule has 11 heteroatoms. The SMILES string of the molecule is Cc1cc(C(F)(F)F)nn1[BH2-]n1nc(C(F)(F)F)cc1C. The Morgan fingerprint density at radius 1 is 0.810 bits per heavy atom. The molecule has 0 amide bonds. The van der Waals surface area contributed by atoms with E-state index >= 15 is 0 Å². The molecular weight excluding hydrogens is 301 g/mol. The summed E-state index contributed by atoms with van der Waals surface area (Å²) in [4.78, 5) is 0. The third-order valence-electron chi connectivity index (χ3n) is 3.19. The summed E-state index contributed by atoms with van der Waals surface area (Å²) in [5, 5.41) is 6.79. The highest BCUT2D eigenvalue weighted by molar-refractivity contribution is 6.31. The summed E-state index contributed by atoms with van der Waals surface area (Å²) >= 11 is 0. The molecule has 116 valence electrons. The van der Waals surface area contributed by atoms with Crippen molar-refractivity contribution >= 4 is 7.55 Å². The van der Waals surface area contributed by atoms with Crippen LogP contribution in [0.1, 0.15) is 22.8 Å². The third kappa shape index (κ3) is 3.22. The van der Waals surface area contributed by atoms with Crippen LogP contribution in [0.3, 0.4) is 0 Å². The highest BCUT2D eigenvalue weighted by Crippen LogP contribution is 2.29. The fraction of sp³-hybridized carbons (Fsp3) is 0.400. The Hall–Kier alpha value is -1.94. The van der Waals surface area contributed by atoms with Crippen molar-refractivity contribution in [2.75, 3.05) is 0 Å². The second-order valence-corrected chi connectivity index (χ2v) is 4.78. The zero-order valence-corrected chi connectivity index (χ0v) is 11.2. The molecule has 0 aliphatic carbocycles. The van der Waals surface area contributed by atoms with Crippen molar-refractivity contribution in [2.45, 2.75) is 26.2 Å². The van der Waals surface area contributed by atoms with E-state index in [4.69, 9.17) is 0 Å². The lowest BCUT2D eigenvalue weighted by atomic mass is 10.1. The summed E-state index contributed by atoms with van der Waals surface area (Å²) in [6.07, 6.45) is -9.17. The van der Waals surface area contributed by atoms with Gasteiger partial charge in [-0.1, -0.05) is 0 Å². The van der Waals surface area contributed by atoms with Crippen molar-refractivity contribution < 1.29 is 26.3 Å². The zero-order valence-electron chi connectivity index (χ0n) is 11.2. The predicted molar refractivity (Wildman–Crippen MR) is 63.3 cm³/mol. The number of halogens is 6. The highest BCUT2D eigenvalue weighted by atomic mass is 19.4. The largest absolute Gasteiger partial charge is 0.435 e. The number of aryl methyl sites for hydroxylation is 2. The fourth-order valence-electron chi connectivity index (χ4n) is 1.98. The van der Waals surface area contributed by atoms with Crippen LogP contribution in [0.25, 0.3) is 0 Å². The molecule has 2 aromatic heterocycles. The van der Waals surface area contributed by atoms with Crippen LogP contribution in [0.5, 0.6) is 0 Å². The number of aromatic nitrogens is 4. The van der Waals surface area contributed by atoms with Crippen LogP contribution in [0, 0.1) is 13.8 Å². The lowest BCUT2D eigenvalue weighted by Gasteiger charge is -2.15. The van der Waals surface area contributed by atoms with Gasteiger partial charge in [0.05, 0.1) is 0 Å². The number of alkyl halides is 6. The molecule has 0 aromatic carbocycles. The summed E-state index contributed by atoms with van der Waals surface area (Å²) in [6.45, 7) is 2.82. The van der Waals surface area contributed by atoms with Gasteiger partial charge in [-0.2, -0.15) is 26.3 Å². The molecule has 21 heavy (non-hydrogen) atoms. The van der Waals surface area contributed by atoms with E-state index < -0.39 is 31.3 Å². The van der Waals surface area contributed by atoms with E-state index in [0.717, 1.165) is 21.3 Å². The molecule has 0 unspecified atom stereocenters. The minimum absolute atomic E-state index is 0.228.